The maximum Gasteiger partial charge on any atom is 0.259 e. The molecule has 0 bridgehead atoms. The summed E-state index contributed by atoms with van der Waals surface area (Å²) >= 11 is 0. The number of carbonyl (C=O) groups excluding carboxylic acids is 1. The molecule has 0 aromatic heterocycles. The lowest BCUT2D eigenvalue weighted by molar-refractivity contribution is 0.0754. The molecule has 0 saturated carbocycles. The van der Waals surface area contributed by atoms with E-state index in [0.717, 1.165) is 17.7 Å². The quantitative estimate of drug-likeness (QED) is 0.537. The Morgan fingerprint density at radius 3 is 2.50 bits per heavy atom. The fourth-order valence-electron chi connectivity index (χ4n) is 4.31. The van der Waals surface area contributed by atoms with Crippen LogP contribution in [0.4, 0.5) is 14.5 Å². The van der Waals surface area contributed by atoms with Crippen LogP contribution in [0.2, 0.25) is 0 Å². The summed E-state index contributed by atoms with van der Waals surface area (Å²) in [4.78, 5) is 21.4. The molecule has 0 spiro atoms. The largest absolute Gasteiger partial charge is 0.493 e. The molecule has 1 saturated heterocycles. The molecule has 1 amide bonds. The number of benzene rings is 3. The third-order valence-electron chi connectivity index (χ3n) is 6.00. The van der Waals surface area contributed by atoms with E-state index in [4.69, 9.17) is 14.5 Å². The van der Waals surface area contributed by atoms with Gasteiger partial charge in [0.2, 0.25) is 0 Å². The molecule has 5 rings (SSSR count). The highest BCUT2D eigenvalue weighted by molar-refractivity contribution is 6.04. The maximum absolute atomic E-state index is 14.2. The summed E-state index contributed by atoms with van der Waals surface area (Å²) in [7, 11) is 1.59. The Labute approximate surface area is 196 Å². The molecule has 2 aliphatic heterocycles. The Kier molecular flexibility index (Phi) is 5.88. The molecule has 34 heavy (non-hydrogen) atoms. The van der Waals surface area contributed by atoms with Crippen LogP contribution in [0, 0.1) is 11.6 Å². The second-order valence-electron chi connectivity index (χ2n) is 8.07. The van der Waals surface area contributed by atoms with Gasteiger partial charge in [0.05, 0.1) is 12.7 Å². The number of amidine groups is 1. The molecule has 2 heterocycles. The Bertz CT molecular complexity index is 1260. The van der Waals surface area contributed by atoms with Crippen molar-refractivity contribution in [3.63, 3.8) is 0 Å². The van der Waals surface area contributed by atoms with E-state index in [-0.39, 0.29) is 0 Å². The zero-order valence-electron chi connectivity index (χ0n) is 18.6. The third kappa shape index (κ3) is 3.96. The number of ether oxygens (including phenoxy) is 2. The van der Waals surface area contributed by atoms with E-state index in [0.29, 0.717) is 61.4 Å². The van der Waals surface area contributed by atoms with Crippen molar-refractivity contribution in [1.82, 2.24) is 9.80 Å². The second kappa shape index (κ2) is 9.13. The molecule has 0 aliphatic carbocycles. The third-order valence-corrected chi connectivity index (χ3v) is 6.00. The first-order valence-corrected chi connectivity index (χ1v) is 11.1. The van der Waals surface area contributed by atoms with Crippen molar-refractivity contribution in [3.05, 3.63) is 83.4 Å². The van der Waals surface area contributed by atoms with Crippen LogP contribution in [0.5, 0.6) is 17.2 Å². The minimum absolute atomic E-state index is 0.299. The zero-order valence-corrected chi connectivity index (χ0v) is 18.6. The van der Waals surface area contributed by atoms with Crippen molar-refractivity contribution >= 4 is 17.4 Å². The number of halogens is 2. The van der Waals surface area contributed by atoms with Gasteiger partial charge in [-0.2, -0.15) is 0 Å². The van der Waals surface area contributed by atoms with Gasteiger partial charge in [-0.05, 0) is 42.8 Å². The van der Waals surface area contributed by atoms with Crippen LogP contribution in [0.3, 0.4) is 0 Å². The van der Waals surface area contributed by atoms with E-state index < -0.39 is 23.1 Å². The summed E-state index contributed by atoms with van der Waals surface area (Å²) in [6.45, 7) is 1.74. The molecule has 8 heteroatoms. The molecule has 3 aromatic carbocycles. The number of carbonyl (C=O) groups is 1. The number of rotatable bonds is 2. The standard InChI is InChI=1S/C26H23F2N3O3/c1-33-22-12-4-7-17-24(22)34-21-11-3-2-10-20(21)29-25(17)30-13-6-14-31(16-15-30)26(32)23-18(27)8-5-9-19(23)28/h2-5,7-12H,6,13-16H2,1H3. The SMILES string of the molecule is COc1cccc2c1Oc1ccccc1N=C2N1CCCN(C(=O)c2c(F)cccc2F)CC1. The van der Waals surface area contributed by atoms with Gasteiger partial charge in [0, 0.05) is 26.2 Å². The van der Waals surface area contributed by atoms with Crippen molar-refractivity contribution in [1.29, 1.82) is 0 Å². The molecule has 174 valence electrons. The number of nitrogens with zero attached hydrogens (tertiary/aromatic N) is 3. The van der Waals surface area contributed by atoms with Gasteiger partial charge in [0.25, 0.3) is 5.91 Å². The van der Waals surface area contributed by atoms with Gasteiger partial charge in [-0.1, -0.05) is 24.3 Å². The number of hydrogen-bond acceptors (Lipinski definition) is 5. The van der Waals surface area contributed by atoms with Gasteiger partial charge in [0.1, 0.15) is 28.7 Å². The minimum atomic E-state index is -0.853. The van der Waals surface area contributed by atoms with E-state index in [2.05, 4.69) is 4.90 Å². The number of para-hydroxylation sites is 3. The zero-order chi connectivity index (χ0) is 23.7. The molecule has 0 radical (unpaired) electrons. The lowest BCUT2D eigenvalue weighted by Crippen LogP contribution is -2.38. The van der Waals surface area contributed by atoms with Gasteiger partial charge in [-0.3, -0.25) is 4.79 Å². The highest BCUT2D eigenvalue weighted by atomic mass is 19.1. The normalized spacial score (nSPS) is 15.3. The lowest BCUT2D eigenvalue weighted by Gasteiger charge is -2.25. The fraction of sp³-hybridized carbons (Fsp3) is 0.231. The molecule has 0 atom stereocenters. The predicted octanol–water partition coefficient (Wildman–Crippen LogP) is 5.01. The first-order valence-electron chi connectivity index (χ1n) is 11.1. The first kappa shape index (κ1) is 21.9. The van der Waals surface area contributed by atoms with Crippen LogP contribution >= 0.6 is 0 Å². The van der Waals surface area contributed by atoms with Gasteiger partial charge >= 0.3 is 0 Å². The first-order chi connectivity index (χ1) is 16.6. The number of methoxy groups -OCH3 is 1. The number of hydrogen-bond donors (Lipinski definition) is 0. The van der Waals surface area contributed by atoms with Crippen LogP contribution in [-0.2, 0) is 0 Å². The number of fused-ring (bicyclic) bond motifs is 2. The summed E-state index contributed by atoms with van der Waals surface area (Å²) < 4.78 is 40.2. The molecule has 0 unspecified atom stereocenters. The summed E-state index contributed by atoms with van der Waals surface area (Å²) in [5.41, 5.74) is 0.942. The Balaban J connectivity index is 1.47. The van der Waals surface area contributed by atoms with E-state index in [1.807, 2.05) is 42.5 Å². The lowest BCUT2D eigenvalue weighted by atomic mass is 10.1. The van der Waals surface area contributed by atoms with Crippen molar-refractivity contribution < 1.29 is 23.0 Å². The minimum Gasteiger partial charge on any atom is -0.493 e. The predicted molar refractivity (Wildman–Crippen MR) is 124 cm³/mol. The molecule has 1 fully saturated rings. The second-order valence-corrected chi connectivity index (χ2v) is 8.07. The van der Waals surface area contributed by atoms with Crippen LogP contribution in [0.25, 0.3) is 0 Å². The molecular formula is C26H23F2N3O3. The van der Waals surface area contributed by atoms with Crippen molar-refractivity contribution in [2.75, 3.05) is 33.3 Å². The summed E-state index contributed by atoms with van der Waals surface area (Å²) in [5, 5.41) is 0. The molecule has 3 aromatic rings. The van der Waals surface area contributed by atoms with E-state index in [9.17, 15) is 13.6 Å². The van der Waals surface area contributed by atoms with Gasteiger partial charge in [0.15, 0.2) is 17.2 Å². The molecule has 2 aliphatic rings. The maximum atomic E-state index is 14.2. The Morgan fingerprint density at radius 2 is 1.71 bits per heavy atom. The Hall–Kier alpha value is -3.94. The van der Waals surface area contributed by atoms with E-state index >= 15 is 0 Å². The van der Waals surface area contributed by atoms with Crippen LogP contribution in [0.15, 0.2) is 65.7 Å². The average Bonchev–Trinajstić information content (AvgIpc) is 3.18. The average molecular weight is 463 g/mol. The van der Waals surface area contributed by atoms with Crippen LogP contribution < -0.4 is 9.47 Å². The van der Waals surface area contributed by atoms with Gasteiger partial charge in [-0.25, -0.2) is 13.8 Å². The molecule has 6 nitrogen and oxygen atoms in total. The highest BCUT2D eigenvalue weighted by Crippen LogP contribution is 2.42. The monoisotopic (exact) mass is 463 g/mol. The fourth-order valence-corrected chi connectivity index (χ4v) is 4.31. The van der Waals surface area contributed by atoms with Gasteiger partial charge < -0.3 is 19.3 Å². The summed E-state index contributed by atoms with van der Waals surface area (Å²) in [5.74, 6) is 0.122. The topological polar surface area (TPSA) is 54.4 Å². The summed E-state index contributed by atoms with van der Waals surface area (Å²) in [6, 6.07) is 16.6. The van der Waals surface area contributed by atoms with Crippen molar-refractivity contribution in [2.45, 2.75) is 6.42 Å². The van der Waals surface area contributed by atoms with E-state index in [1.165, 1.54) is 11.0 Å². The highest BCUT2D eigenvalue weighted by Gasteiger charge is 2.29. The Morgan fingerprint density at radius 1 is 0.941 bits per heavy atom. The molecular weight excluding hydrogens is 440 g/mol. The van der Waals surface area contributed by atoms with Crippen molar-refractivity contribution in [2.24, 2.45) is 4.99 Å². The number of amides is 1. The van der Waals surface area contributed by atoms with Crippen molar-refractivity contribution in [3.8, 4) is 17.2 Å². The van der Waals surface area contributed by atoms with Gasteiger partial charge in [-0.15, -0.1) is 0 Å². The van der Waals surface area contributed by atoms with E-state index in [1.54, 1.807) is 7.11 Å². The van der Waals surface area contributed by atoms with Crippen LogP contribution in [-0.4, -0.2) is 54.8 Å². The summed E-state index contributed by atoms with van der Waals surface area (Å²) in [6.07, 6.45) is 0.614. The molecule has 0 N–H and O–H groups in total. The van der Waals surface area contributed by atoms with Crippen LogP contribution in [0.1, 0.15) is 22.3 Å². The number of aliphatic imine (C=N–C) groups is 1. The smallest absolute Gasteiger partial charge is 0.259 e.